The summed E-state index contributed by atoms with van der Waals surface area (Å²) in [7, 11) is 3.84. The number of methoxy groups -OCH3 is 1. The van der Waals surface area contributed by atoms with E-state index in [1.165, 1.54) is 38.9 Å². The average molecular weight is 402 g/mol. The van der Waals surface area contributed by atoms with E-state index in [9.17, 15) is 4.79 Å². The van der Waals surface area contributed by atoms with E-state index in [2.05, 4.69) is 22.2 Å². The SMILES string of the molecule is COc1ccc(NC(=O)C2CC(C3CCN(CC4CCOC4)CC3)N(C)C2)cc1. The number of nitrogens with zero attached hydrogens (tertiary/aromatic N) is 2. The molecule has 1 amide bonds. The number of carbonyl (C=O) groups excluding carboxylic acids is 1. The number of benzene rings is 1. The van der Waals surface area contributed by atoms with Crippen LogP contribution in [-0.2, 0) is 9.53 Å². The fourth-order valence-electron chi connectivity index (χ4n) is 5.30. The molecule has 29 heavy (non-hydrogen) atoms. The van der Waals surface area contributed by atoms with E-state index in [-0.39, 0.29) is 11.8 Å². The summed E-state index contributed by atoms with van der Waals surface area (Å²) in [6.45, 7) is 6.30. The van der Waals surface area contributed by atoms with Gasteiger partial charge in [-0.25, -0.2) is 0 Å². The molecule has 1 N–H and O–H groups in total. The van der Waals surface area contributed by atoms with Crippen LogP contribution in [0.5, 0.6) is 5.75 Å². The molecule has 3 aliphatic rings. The van der Waals surface area contributed by atoms with E-state index >= 15 is 0 Å². The summed E-state index contributed by atoms with van der Waals surface area (Å²) in [6.07, 6.45) is 4.68. The summed E-state index contributed by atoms with van der Waals surface area (Å²) >= 11 is 0. The van der Waals surface area contributed by atoms with E-state index in [0.717, 1.165) is 43.5 Å². The van der Waals surface area contributed by atoms with E-state index in [4.69, 9.17) is 9.47 Å². The maximum absolute atomic E-state index is 12.8. The molecule has 3 fully saturated rings. The van der Waals surface area contributed by atoms with Gasteiger partial charge in [-0.1, -0.05) is 0 Å². The number of nitrogens with one attached hydrogen (secondary N) is 1. The third-order valence-electron chi connectivity index (χ3n) is 7.05. The van der Waals surface area contributed by atoms with Gasteiger partial charge in [0, 0.05) is 31.4 Å². The maximum atomic E-state index is 12.8. The number of rotatable bonds is 6. The van der Waals surface area contributed by atoms with Crippen molar-refractivity contribution in [3.8, 4) is 5.75 Å². The van der Waals surface area contributed by atoms with Crippen molar-refractivity contribution in [1.29, 1.82) is 0 Å². The van der Waals surface area contributed by atoms with Gasteiger partial charge < -0.3 is 24.6 Å². The Kier molecular flexibility index (Phi) is 6.73. The van der Waals surface area contributed by atoms with E-state index in [1.54, 1.807) is 7.11 Å². The second-order valence-electron chi connectivity index (χ2n) is 9.02. The molecule has 0 bridgehead atoms. The van der Waals surface area contributed by atoms with Crippen LogP contribution in [0.25, 0.3) is 0 Å². The molecule has 3 heterocycles. The Morgan fingerprint density at radius 2 is 1.97 bits per heavy atom. The third-order valence-corrected chi connectivity index (χ3v) is 7.05. The van der Waals surface area contributed by atoms with Gasteiger partial charge in [-0.05, 0) is 81.9 Å². The number of hydrogen-bond acceptors (Lipinski definition) is 5. The first-order chi connectivity index (χ1) is 14.1. The molecule has 0 spiro atoms. The summed E-state index contributed by atoms with van der Waals surface area (Å²) in [5.41, 5.74) is 0.839. The third kappa shape index (κ3) is 5.11. The lowest BCUT2D eigenvalue weighted by atomic mass is 9.86. The summed E-state index contributed by atoms with van der Waals surface area (Å²) in [5, 5.41) is 3.09. The Morgan fingerprint density at radius 3 is 2.62 bits per heavy atom. The molecule has 0 aromatic heterocycles. The van der Waals surface area contributed by atoms with Gasteiger partial charge in [0.1, 0.15) is 5.75 Å². The topological polar surface area (TPSA) is 54.0 Å². The minimum atomic E-state index is 0.0702. The maximum Gasteiger partial charge on any atom is 0.228 e. The summed E-state index contributed by atoms with van der Waals surface area (Å²) in [6, 6.07) is 8.09. The minimum Gasteiger partial charge on any atom is -0.497 e. The molecule has 3 unspecified atom stereocenters. The summed E-state index contributed by atoms with van der Waals surface area (Å²) in [4.78, 5) is 17.8. The Morgan fingerprint density at radius 1 is 1.21 bits per heavy atom. The smallest absolute Gasteiger partial charge is 0.228 e. The zero-order chi connectivity index (χ0) is 20.2. The van der Waals surface area contributed by atoms with Crippen LogP contribution < -0.4 is 10.1 Å². The van der Waals surface area contributed by atoms with Crippen molar-refractivity contribution in [2.75, 3.05) is 58.9 Å². The van der Waals surface area contributed by atoms with Gasteiger partial charge in [-0.15, -0.1) is 0 Å². The lowest BCUT2D eigenvalue weighted by molar-refractivity contribution is -0.119. The van der Waals surface area contributed by atoms with Crippen LogP contribution in [0.3, 0.4) is 0 Å². The first-order valence-electron chi connectivity index (χ1n) is 11.1. The molecule has 0 saturated carbocycles. The zero-order valence-electron chi connectivity index (χ0n) is 17.8. The van der Waals surface area contributed by atoms with Crippen molar-refractivity contribution in [2.24, 2.45) is 17.8 Å². The van der Waals surface area contributed by atoms with Crippen molar-refractivity contribution < 1.29 is 14.3 Å². The Labute approximate surface area is 174 Å². The first-order valence-corrected chi connectivity index (χ1v) is 11.1. The number of anilines is 1. The molecule has 3 saturated heterocycles. The van der Waals surface area contributed by atoms with Crippen LogP contribution in [0.4, 0.5) is 5.69 Å². The second-order valence-corrected chi connectivity index (χ2v) is 9.02. The molecular formula is C23H35N3O3. The Hall–Kier alpha value is -1.63. The molecule has 1 aromatic rings. The normalized spacial score (nSPS) is 29.2. The van der Waals surface area contributed by atoms with Gasteiger partial charge in [0.25, 0.3) is 0 Å². The van der Waals surface area contributed by atoms with Crippen LogP contribution in [-0.4, -0.2) is 75.3 Å². The van der Waals surface area contributed by atoms with Gasteiger partial charge in [0.15, 0.2) is 0 Å². The Balaban J connectivity index is 1.25. The molecular weight excluding hydrogens is 366 g/mol. The van der Waals surface area contributed by atoms with Gasteiger partial charge in [0.05, 0.1) is 19.6 Å². The predicted octanol–water partition coefficient (Wildman–Crippen LogP) is 2.70. The monoisotopic (exact) mass is 401 g/mol. The Bertz CT molecular complexity index is 666. The number of likely N-dealkylation sites (tertiary alicyclic amines) is 2. The van der Waals surface area contributed by atoms with E-state index in [0.29, 0.717) is 12.0 Å². The van der Waals surface area contributed by atoms with Crippen molar-refractivity contribution in [2.45, 2.75) is 31.7 Å². The first kappa shape index (κ1) is 20.6. The van der Waals surface area contributed by atoms with Crippen LogP contribution in [0.2, 0.25) is 0 Å². The number of ether oxygens (including phenoxy) is 2. The van der Waals surface area contributed by atoms with Gasteiger partial charge in [0.2, 0.25) is 5.91 Å². The van der Waals surface area contributed by atoms with Crippen molar-refractivity contribution >= 4 is 11.6 Å². The molecule has 3 aliphatic heterocycles. The largest absolute Gasteiger partial charge is 0.497 e. The van der Waals surface area contributed by atoms with Crippen LogP contribution in [0.15, 0.2) is 24.3 Å². The van der Waals surface area contributed by atoms with Gasteiger partial charge >= 0.3 is 0 Å². The molecule has 4 rings (SSSR count). The highest BCUT2D eigenvalue weighted by atomic mass is 16.5. The fraction of sp³-hybridized carbons (Fsp3) is 0.696. The number of amides is 1. The fourth-order valence-corrected chi connectivity index (χ4v) is 5.30. The van der Waals surface area contributed by atoms with Crippen LogP contribution >= 0.6 is 0 Å². The van der Waals surface area contributed by atoms with E-state index < -0.39 is 0 Å². The average Bonchev–Trinajstić information content (AvgIpc) is 3.39. The number of hydrogen-bond donors (Lipinski definition) is 1. The number of piperidine rings is 1. The highest BCUT2D eigenvalue weighted by Gasteiger charge is 2.39. The standard InChI is InChI=1S/C23H35N3O3/c1-25-15-19(23(27)24-20-3-5-21(28-2)6-4-20)13-22(25)18-7-10-26(11-8-18)14-17-9-12-29-16-17/h3-6,17-19,22H,7-16H2,1-2H3,(H,24,27). The highest BCUT2D eigenvalue weighted by molar-refractivity contribution is 5.93. The van der Waals surface area contributed by atoms with Crippen molar-refractivity contribution in [3.05, 3.63) is 24.3 Å². The van der Waals surface area contributed by atoms with Crippen LogP contribution in [0, 0.1) is 17.8 Å². The summed E-state index contributed by atoms with van der Waals surface area (Å²) in [5.74, 6) is 2.45. The molecule has 3 atom stereocenters. The quantitative estimate of drug-likeness (QED) is 0.794. The molecule has 1 aromatic carbocycles. The summed E-state index contributed by atoms with van der Waals surface area (Å²) < 4.78 is 10.7. The lowest BCUT2D eigenvalue weighted by Gasteiger charge is -2.37. The number of carbonyl (C=O) groups is 1. The molecule has 0 aliphatic carbocycles. The molecule has 6 heteroatoms. The van der Waals surface area contributed by atoms with Gasteiger partial charge in [-0.3, -0.25) is 4.79 Å². The molecule has 160 valence electrons. The predicted molar refractivity (Wildman–Crippen MR) is 114 cm³/mol. The molecule has 0 radical (unpaired) electrons. The lowest BCUT2D eigenvalue weighted by Crippen LogP contribution is -2.43. The highest BCUT2D eigenvalue weighted by Crippen LogP contribution is 2.34. The van der Waals surface area contributed by atoms with Crippen molar-refractivity contribution in [1.82, 2.24) is 9.80 Å². The van der Waals surface area contributed by atoms with Crippen LogP contribution in [0.1, 0.15) is 25.7 Å². The van der Waals surface area contributed by atoms with E-state index in [1.807, 2.05) is 24.3 Å². The van der Waals surface area contributed by atoms with Gasteiger partial charge in [-0.2, -0.15) is 0 Å². The second kappa shape index (κ2) is 9.45. The molecule has 6 nitrogen and oxygen atoms in total. The van der Waals surface area contributed by atoms with Crippen molar-refractivity contribution in [3.63, 3.8) is 0 Å². The zero-order valence-corrected chi connectivity index (χ0v) is 17.8. The minimum absolute atomic E-state index is 0.0702.